The molecule has 1 aromatic carbocycles. The second-order valence-electron chi connectivity index (χ2n) is 5.64. The van der Waals surface area contributed by atoms with Crippen LogP contribution in [0, 0.1) is 13.8 Å². The Morgan fingerprint density at radius 1 is 1.42 bits per heavy atom. The molecule has 126 valence electrons. The van der Waals surface area contributed by atoms with Gasteiger partial charge in [0.15, 0.2) is 4.96 Å². The highest BCUT2D eigenvalue weighted by atomic mass is 35.5. The van der Waals surface area contributed by atoms with E-state index in [0.717, 1.165) is 16.3 Å². The summed E-state index contributed by atoms with van der Waals surface area (Å²) in [6, 6.07) is 5.04. The average molecular weight is 364 g/mol. The molecule has 0 N–H and O–H groups in total. The summed E-state index contributed by atoms with van der Waals surface area (Å²) in [4.78, 5) is 21.2. The molecule has 2 heterocycles. The number of methoxy groups -OCH3 is 1. The highest BCUT2D eigenvalue weighted by Crippen LogP contribution is 2.26. The summed E-state index contributed by atoms with van der Waals surface area (Å²) >= 11 is 7.67. The van der Waals surface area contributed by atoms with E-state index >= 15 is 0 Å². The third kappa shape index (κ3) is 2.99. The molecule has 0 aliphatic carbocycles. The maximum atomic E-state index is 12.8. The van der Waals surface area contributed by atoms with Gasteiger partial charge in [0.25, 0.3) is 5.91 Å². The van der Waals surface area contributed by atoms with Crippen molar-refractivity contribution >= 4 is 33.8 Å². The SMILES string of the molecule is COc1ccc(Cl)cc1C(=O)N(C)Cc1c(C)nc2sc(C)cn12. The number of thiazole rings is 1. The number of carbonyl (C=O) groups is 1. The van der Waals surface area contributed by atoms with Crippen molar-refractivity contribution in [3.63, 3.8) is 0 Å². The van der Waals surface area contributed by atoms with Gasteiger partial charge in [-0.25, -0.2) is 4.98 Å². The molecule has 7 heteroatoms. The van der Waals surface area contributed by atoms with E-state index in [2.05, 4.69) is 4.98 Å². The van der Waals surface area contributed by atoms with Crippen molar-refractivity contribution in [2.24, 2.45) is 0 Å². The Morgan fingerprint density at radius 3 is 2.88 bits per heavy atom. The summed E-state index contributed by atoms with van der Waals surface area (Å²) in [7, 11) is 3.31. The van der Waals surface area contributed by atoms with E-state index < -0.39 is 0 Å². The predicted octanol–water partition coefficient (Wildman–Crippen LogP) is 3.95. The van der Waals surface area contributed by atoms with Crippen molar-refractivity contribution in [2.75, 3.05) is 14.2 Å². The van der Waals surface area contributed by atoms with Gasteiger partial charge in [0.1, 0.15) is 5.75 Å². The zero-order valence-corrected chi connectivity index (χ0v) is 15.5. The van der Waals surface area contributed by atoms with Crippen LogP contribution in [0.2, 0.25) is 5.02 Å². The lowest BCUT2D eigenvalue weighted by Gasteiger charge is -2.19. The molecule has 0 saturated heterocycles. The fraction of sp³-hybridized carbons (Fsp3) is 0.294. The van der Waals surface area contributed by atoms with Crippen molar-refractivity contribution in [1.82, 2.24) is 14.3 Å². The van der Waals surface area contributed by atoms with Crippen LogP contribution >= 0.6 is 22.9 Å². The first-order valence-corrected chi connectivity index (χ1v) is 8.63. The smallest absolute Gasteiger partial charge is 0.257 e. The molecule has 3 aromatic rings. The molecule has 0 aliphatic heterocycles. The van der Waals surface area contributed by atoms with Crippen LogP contribution in [0.25, 0.3) is 4.96 Å². The number of aryl methyl sites for hydroxylation is 2. The monoisotopic (exact) mass is 363 g/mol. The minimum Gasteiger partial charge on any atom is -0.496 e. The Kier molecular flexibility index (Phi) is 4.51. The number of rotatable bonds is 4. The Hall–Kier alpha value is -2.05. The summed E-state index contributed by atoms with van der Waals surface area (Å²) in [5, 5.41) is 0.504. The van der Waals surface area contributed by atoms with Gasteiger partial charge in [-0.1, -0.05) is 11.6 Å². The van der Waals surface area contributed by atoms with Gasteiger partial charge in [0.05, 0.1) is 30.6 Å². The molecular weight excluding hydrogens is 346 g/mol. The fourth-order valence-corrected chi connectivity index (χ4v) is 3.71. The first-order valence-electron chi connectivity index (χ1n) is 7.43. The zero-order valence-electron chi connectivity index (χ0n) is 14.0. The third-order valence-electron chi connectivity index (χ3n) is 3.87. The molecule has 0 radical (unpaired) electrons. The lowest BCUT2D eigenvalue weighted by atomic mass is 10.1. The number of carbonyl (C=O) groups excluding carboxylic acids is 1. The van der Waals surface area contributed by atoms with Gasteiger partial charge in [0.2, 0.25) is 0 Å². The molecule has 0 atom stereocenters. The highest BCUT2D eigenvalue weighted by Gasteiger charge is 2.20. The van der Waals surface area contributed by atoms with E-state index in [4.69, 9.17) is 16.3 Å². The van der Waals surface area contributed by atoms with E-state index in [9.17, 15) is 4.79 Å². The fourth-order valence-electron chi connectivity index (χ4n) is 2.65. The normalized spacial score (nSPS) is 11.0. The molecule has 0 aliphatic rings. The van der Waals surface area contributed by atoms with Crippen molar-refractivity contribution < 1.29 is 9.53 Å². The lowest BCUT2D eigenvalue weighted by Crippen LogP contribution is -2.27. The van der Waals surface area contributed by atoms with Gasteiger partial charge < -0.3 is 9.64 Å². The summed E-state index contributed by atoms with van der Waals surface area (Å²) in [6.45, 7) is 4.46. The number of imidazole rings is 1. The van der Waals surface area contributed by atoms with Crippen LogP contribution in [0.3, 0.4) is 0 Å². The molecule has 1 amide bonds. The van der Waals surface area contributed by atoms with Gasteiger partial charge in [-0.3, -0.25) is 9.20 Å². The molecule has 24 heavy (non-hydrogen) atoms. The number of hydrogen-bond donors (Lipinski definition) is 0. The van der Waals surface area contributed by atoms with E-state index in [0.29, 0.717) is 22.9 Å². The zero-order chi connectivity index (χ0) is 17.4. The Labute approximate surface area is 149 Å². The molecule has 3 rings (SSSR count). The maximum Gasteiger partial charge on any atom is 0.257 e. The highest BCUT2D eigenvalue weighted by molar-refractivity contribution is 7.17. The number of fused-ring (bicyclic) bond motifs is 1. The molecule has 0 saturated carbocycles. The van der Waals surface area contributed by atoms with Crippen molar-refractivity contribution in [2.45, 2.75) is 20.4 Å². The van der Waals surface area contributed by atoms with Crippen LogP contribution in [0.15, 0.2) is 24.4 Å². The molecule has 0 fully saturated rings. The number of amides is 1. The van der Waals surface area contributed by atoms with Crippen LogP contribution < -0.4 is 4.74 Å². The largest absolute Gasteiger partial charge is 0.496 e. The molecular formula is C17H18ClN3O2S. The van der Waals surface area contributed by atoms with E-state index in [1.807, 2.05) is 24.4 Å². The number of ether oxygens (including phenoxy) is 1. The summed E-state index contributed by atoms with van der Waals surface area (Å²) < 4.78 is 7.33. The Morgan fingerprint density at radius 2 is 2.17 bits per heavy atom. The molecule has 2 aromatic heterocycles. The number of nitrogens with zero attached hydrogens (tertiary/aromatic N) is 3. The Balaban J connectivity index is 1.91. The minimum atomic E-state index is -0.143. The van der Waals surface area contributed by atoms with Crippen LogP contribution in [-0.2, 0) is 6.54 Å². The number of benzene rings is 1. The quantitative estimate of drug-likeness (QED) is 0.705. The van der Waals surface area contributed by atoms with Crippen LogP contribution in [0.5, 0.6) is 5.75 Å². The maximum absolute atomic E-state index is 12.8. The lowest BCUT2D eigenvalue weighted by molar-refractivity contribution is 0.0779. The summed E-state index contributed by atoms with van der Waals surface area (Å²) in [5.74, 6) is 0.369. The number of halogens is 1. The minimum absolute atomic E-state index is 0.143. The molecule has 0 unspecified atom stereocenters. The molecule has 5 nitrogen and oxygen atoms in total. The van der Waals surface area contributed by atoms with E-state index in [-0.39, 0.29) is 5.91 Å². The third-order valence-corrected chi connectivity index (χ3v) is 5.00. The first-order chi connectivity index (χ1) is 11.4. The van der Waals surface area contributed by atoms with Gasteiger partial charge >= 0.3 is 0 Å². The Bertz CT molecular complexity index is 916. The van der Waals surface area contributed by atoms with Gasteiger partial charge in [0, 0.05) is 23.1 Å². The van der Waals surface area contributed by atoms with Crippen molar-refractivity contribution in [1.29, 1.82) is 0 Å². The summed E-state index contributed by atoms with van der Waals surface area (Å²) in [6.07, 6.45) is 2.05. The van der Waals surface area contributed by atoms with Gasteiger partial charge in [-0.15, -0.1) is 11.3 Å². The average Bonchev–Trinajstić information content (AvgIpc) is 3.03. The number of aromatic nitrogens is 2. The van der Waals surface area contributed by atoms with Gasteiger partial charge in [-0.2, -0.15) is 0 Å². The molecule has 0 spiro atoms. The standard InChI is InChI=1S/C17H18ClN3O2S/c1-10-8-21-14(11(2)19-17(21)24-10)9-20(3)16(22)13-7-12(18)5-6-15(13)23-4/h5-8H,9H2,1-4H3. The van der Waals surface area contributed by atoms with Crippen molar-refractivity contribution in [3.05, 3.63) is 51.2 Å². The van der Waals surface area contributed by atoms with Gasteiger partial charge in [-0.05, 0) is 32.0 Å². The second kappa shape index (κ2) is 6.45. The van der Waals surface area contributed by atoms with Crippen LogP contribution in [0.4, 0.5) is 0 Å². The van der Waals surface area contributed by atoms with Crippen molar-refractivity contribution in [3.8, 4) is 5.75 Å². The topological polar surface area (TPSA) is 46.8 Å². The number of hydrogen-bond acceptors (Lipinski definition) is 4. The first kappa shape index (κ1) is 16.8. The van der Waals surface area contributed by atoms with E-state index in [1.54, 1.807) is 48.6 Å². The summed E-state index contributed by atoms with van der Waals surface area (Å²) in [5.41, 5.74) is 2.39. The van der Waals surface area contributed by atoms with E-state index in [1.165, 1.54) is 4.88 Å². The molecule has 0 bridgehead atoms. The predicted molar refractivity (Wildman–Crippen MR) is 96.3 cm³/mol. The van der Waals surface area contributed by atoms with Crippen LogP contribution in [-0.4, -0.2) is 34.3 Å². The second-order valence-corrected chi connectivity index (χ2v) is 7.29. The van der Waals surface area contributed by atoms with Crippen LogP contribution in [0.1, 0.15) is 26.6 Å².